The highest BCUT2D eigenvalue weighted by atomic mass is 32.2. The van der Waals surface area contributed by atoms with Crippen LogP contribution in [-0.4, -0.2) is 75.5 Å². The van der Waals surface area contributed by atoms with E-state index in [1.54, 1.807) is 0 Å². The van der Waals surface area contributed by atoms with Gasteiger partial charge in [0.25, 0.3) is 0 Å². The van der Waals surface area contributed by atoms with E-state index in [1.807, 2.05) is 7.05 Å². The molecule has 2 saturated heterocycles. The van der Waals surface area contributed by atoms with Crippen molar-refractivity contribution >= 4 is 15.8 Å². The van der Waals surface area contributed by atoms with E-state index in [4.69, 9.17) is 0 Å². The van der Waals surface area contributed by atoms with Gasteiger partial charge in [-0.15, -0.1) is 0 Å². The summed E-state index contributed by atoms with van der Waals surface area (Å²) in [5.74, 6) is 1.80. The number of hydrogen-bond acceptors (Lipinski definition) is 4. The maximum absolute atomic E-state index is 11.3. The number of fused-ring (bicyclic) bond motifs is 1. The van der Waals surface area contributed by atoms with E-state index >= 15 is 0 Å². The molecule has 156 valence electrons. The summed E-state index contributed by atoms with van der Waals surface area (Å²) in [6, 6.07) is 11.4. The highest BCUT2D eigenvalue weighted by Gasteiger charge is 2.36. The number of sulfone groups is 1. The van der Waals surface area contributed by atoms with Gasteiger partial charge in [0.15, 0.2) is 5.96 Å². The van der Waals surface area contributed by atoms with Gasteiger partial charge in [-0.2, -0.15) is 0 Å². The molecule has 2 heterocycles. The maximum atomic E-state index is 11.3. The molecule has 1 aromatic carbocycles. The van der Waals surface area contributed by atoms with Crippen molar-refractivity contribution in [3.05, 3.63) is 35.9 Å². The van der Waals surface area contributed by atoms with Crippen molar-refractivity contribution in [2.45, 2.75) is 38.3 Å². The lowest BCUT2D eigenvalue weighted by molar-refractivity contribution is 0.0373. The summed E-state index contributed by atoms with van der Waals surface area (Å²) >= 11 is 0. The van der Waals surface area contributed by atoms with Crippen LogP contribution < -0.4 is 5.32 Å². The normalized spacial score (nSPS) is 24.1. The fraction of sp³-hybridized carbons (Fsp3) is 0.667. The zero-order chi connectivity index (χ0) is 20.0. The molecule has 7 heteroatoms. The number of aliphatic imine (C=N–C) groups is 1. The molecule has 1 N–H and O–H groups in total. The molecular formula is C21H34N4O2S. The minimum Gasteiger partial charge on any atom is -0.356 e. The van der Waals surface area contributed by atoms with Crippen molar-refractivity contribution in [3.8, 4) is 0 Å². The molecule has 0 spiro atoms. The van der Waals surface area contributed by atoms with Crippen molar-refractivity contribution in [3.63, 3.8) is 0 Å². The average molecular weight is 407 g/mol. The minimum absolute atomic E-state index is 0.218. The van der Waals surface area contributed by atoms with E-state index in [1.165, 1.54) is 31.2 Å². The Kier molecular flexibility index (Phi) is 7.35. The smallest absolute Gasteiger partial charge is 0.193 e. The molecule has 2 aliphatic heterocycles. The van der Waals surface area contributed by atoms with Gasteiger partial charge < -0.3 is 10.2 Å². The minimum atomic E-state index is -2.90. The van der Waals surface area contributed by atoms with Crippen LogP contribution in [0.1, 0.15) is 31.2 Å². The largest absolute Gasteiger partial charge is 0.356 e. The van der Waals surface area contributed by atoms with Gasteiger partial charge in [0.2, 0.25) is 0 Å². The summed E-state index contributed by atoms with van der Waals surface area (Å²) in [5.41, 5.74) is 1.40. The Hall–Kier alpha value is -1.60. The molecule has 0 bridgehead atoms. The van der Waals surface area contributed by atoms with E-state index in [0.29, 0.717) is 24.9 Å². The van der Waals surface area contributed by atoms with E-state index in [-0.39, 0.29) is 5.75 Å². The Labute approximate surface area is 169 Å². The Balaban J connectivity index is 1.53. The average Bonchev–Trinajstić information content (AvgIpc) is 2.68. The molecule has 6 nitrogen and oxygen atoms in total. The van der Waals surface area contributed by atoms with Crippen molar-refractivity contribution < 1.29 is 8.42 Å². The van der Waals surface area contributed by atoms with Crippen molar-refractivity contribution in [2.24, 2.45) is 10.9 Å². The standard InChI is InChI=1S/C21H34N4O2S/c1-22-21(23-12-7-15-28(2,26)27)25-14-11-20-19(17-25)10-6-13-24(20)16-18-8-4-3-5-9-18/h3-5,8-9,19-20H,6-7,10-17H2,1-2H3,(H,22,23). The molecular weight excluding hydrogens is 372 g/mol. The Morgan fingerprint density at radius 2 is 2.00 bits per heavy atom. The van der Waals surface area contributed by atoms with Gasteiger partial charge in [-0.25, -0.2) is 8.42 Å². The third kappa shape index (κ3) is 5.95. The van der Waals surface area contributed by atoms with Gasteiger partial charge in [-0.05, 0) is 43.7 Å². The molecule has 0 aliphatic carbocycles. The number of nitrogens with zero attached hydrogens (tertiary/aromatic N) is 3. The fourth-order valence-corrected chi connectivity index (χ4v) is 5.25. The summed E-state index contributed by atoms with van der Waals surface area (Å²) in [7, 11) is -1.09. The lowest BCUT2D eigenvalue weighted by atomic mass is 9.83. The predicted molar refractivity (Wildman–Crippen MR) is 115 cm³/mol. The van der Waals surface area contributed by atoms with Crippen LogP contribution in [-0.2, 0) is 16.4 Å². The quantitative estimate of drug-likeness (QED) is 0.445. The first-order chi connectivity index (χ1) is 13.5. The Morgan fingerprint density at radius 1 is 1.21 bits per heavy atom. The van der Waals surface area contributed by atoms with Crippen molar-refractivity contribution in [2.75, 3.05) is 45.2 Å². The number of benzene rings is 1. The van der Waals surface area contributed by atoms with E-state index in [0.717, 1.165) is 32.0 Å². The van der Waals surface area contributed by atoms with Crippen LogP contribution in [0.2, 0.25) is 0 Å². The first kappa shape index (κ1) is 21.1. The lowest BCUT2D eigenvalue weighted by Crippen LogP contribution is -2.56. The second-order valence-electron chi connectivity index (χ2n) is 8.12. The van der Waals surface area contributed by atoms with E-state index in [9.17, 15) is 8.42 Å². The van der Waals surface area contributed by atoms with Gasteiger partial charge in [0.1, 0.15) is 9.84 Å². The van der Waals surface area contributed by atoms with Gasteiger partial charge in [-0.3, -0.25) is 9.89 Å². The number of guanidine groups is 1. The highest BCUT2D eigenvalue weighted by Crippen LogP contribution is 2.31. The first-order valence-corrected chi connectivity index (χ1v) is 12.4. The van der Waals surface area contributed by atoms with Crippen LogP contribution in [0.15, 0.2) is 35.3 Å². The highest BCUT2D eigenvalue weighted by molar-refractivity contribution is 7.90. The summed E-state index contributed by atoms with van der Waals surface area (Å²) in [4.78, 5) is 9.46. The van der Waals surface area contributed by atoms with Gasteiger partial charge >= 0.3 is 0 Å². The molecule has 1 aromatic rings. The number of rotatable bonds is 6. The topological polar surface area (TPSA) is 65.0 Å². The van der Waals surface area contributed by atoms with Crippen LogP contribution in [0.4, 0.5) is 0 Å². The van der Waals surface area contributed by atoms with Gasteiger partial charge in [0.05, 0.1) is 5.75 Å². The van der Waals surface area contributed by atoms with Gasteiger partial charge in [-0.1, -0.05) is 30.3 Å². The van der Waals surface area contributed by atoms with Crippen LogP contribution in [0.3, 0.4) is 0 Å². The number of nitrogens with one attached hydrogen (secondary N) is 1. The Morgan fingerprint density at radius 3 is 2.71 bits per heavy atom. The van der Waals surface area contributed by atoms with Crippen molar-refractivity contribution in [1.29, 1.82) is 0 Å². The summed E-state index contributed by atoms with van der Waals surface area (Å²) in [6.07, 6.45) is 5.58. The van der Waals surface area contributed by atoms with Crippen molar-refractivity contribution in [1.82, 2.24) is 15.1 Å². The monoisotopic (exact) mass is 406 g/mol. The molecule has 0 radical (unpaired) electrons. The Bertz CT molecular complexity index is 751. The van der Waals surface area contributed by atoms with Crippen LogP contribution in [0.5, 0.6) is 0 Å². The predicted octanol–water partition coefficient (Wildman–Crippen LogP) is 1.98. The SMILES string of the molecule is CN=C(NCCCS(C)(=O)=O)N1CCC2C(CCCN2Cc2ccccc2)C1. The number of piperidine rings is 2. The van der Waals surface area contributed by atoms with Crippen LogP contribution in [0, 0.1) is 5.92 Å². The number of hydrogen-bond donors (Lipinski definition) is 1. The second kappa shape index (κ2) is 9.74. The third-order valence-corrected chi connectivity index (χ3v) is 6.93. The van der Waals surface area contributed by atoms with Crippen LogP contribution in [0.25, 0.3) is 0 Å². The molecule has 2 atom stereocenters. The molecule has 0 saturated carbocycles. The number of likely N-dealkylation sites (tertiary alicyclic amines) is 2. The maximum Gasteiger partial charge on any atom is 0.193 e. The first-order valence-electron chi connectivity index (χ1n) is 10.4. The van der Waals surface area contributed by atoms with E-state index in [2.05, 4.69) is 50.4 Å². The fourth-order valence-electron chi connectivity index (χ4n) is 4.58. The summed E-state index contributed by atoms with van der Waals surface area (Å²) < 4.78 is 22.6. The molecule has 2 fully saturated rings. The molecule has 2 aliphatic rings. The zero-order valence-corrected chi connectivity index (χ0v) is 18.0. The molecule has 2 unspecified atom stereocenters. The second-order valence-corrected chi connectivity index (χ2v) is 10.4. The molecule has 0 amide bonds. The molecule has 28 heavy (non-hydrogen) atoms. The van der Waals surface area contributed by atoms with Crippen LogP contribution >= 0.6 is 0 Å². The molecule has 3 rings (SSSR count). The zero-order valence-electron chi connectivity index (χ0n) is 17.2. The lowest BCUT2D eigenvalue weighted by Gasteiger charge is -2.48. The summed E-state index contributed by atoms with van der Waals surface area (Å²) in [6.45, 7) is 4.90. The van der Waals surface area contributed by atoms with Gasteiger partial charge in [0, 0.05) is 45.5 Å². The third-order valence-electron chi connectivity index (χ3n) is 5.90. The van der Waals surface area contributed by atoms with E-state index < -0.39 is 9.84 Å². The summed E-state index contributed by atoms with van der Waals surface area (Å²) in [5, 5.41) is 3.36. The molecule has 0 aromatic heterocycles.